The Morgan fingerprint density at radius 2 is 1.67 bits per heavy atom. The van der Waals surface area contributed by atoms with Gasteiger partial charge in [-0.05, 0) is 6.42 Å². The summed E-state index contributed by atoms with van der Waals surface area (Å²) in [6, 6.07) is 0. The van der Waals surface area contributed by atoms with Crippen molar-refractivity contribution in [2.45, 2.75) is 37.9 Å². The van der Waals surface area contributed by atoms with E-state index in [9.17, 15) is 13.0 Å². The molecule has 12 heavy (non-hydrogen) atoms. The Hall–Kier alpha value is 1.13. The largest absolute Gasteiger partial charge is 1.00 e. The van der Waals surface area contributed by atoms with Gasteiger partial charge in [0.1, 0.15) is 0 Å². The van der Waals surface area contributed by atoms with Crippen LogP contribution in [0.3, 0.4) is 0 Å². The molecule has 1 unspecified atom stereocenters. The van der Waals surface area contributed by atoms with Crippen LogP contribution in [0.25, 0.3) is 0 Å². The molecule has 0 aliphatic carbocycles. The van der Waals surface area contributed by atoms with Crippen LogP contribution in [0, 0.1) is 0 Å². The Kier molecular flexibility index (Phi) is 6.65. The molecule has 0 fully saturated rings. The van der Waals surface area contributed by atoms with Gasteiger partial charge < -0.3 is 4.55 Å². The van der Waals surface area contributed by atoms with E-state index in [0.717, 1.165) is 0 Å². The Morgan fingerprint density at radius 3 is 1.67 bits per heavy atom. The SMILES string of the molecule is CCC([Si](C)(C)C)S(=O)(=O)[O-].[Na+]. The Morgan fingerprint density at radius 1 is 1.33 bits per heavy atom. The summed E-state index contributed by atoms with van der Waals surface area (Å²) in [5.74, 6) is 0. The van der Waals surface area contributed by atoms with Crippen molar-refractivity contribution in [1.29, 1.82) is 0 Å². The molecule has 0 spiro atoms. The summed E-state index contributed by atoms with van der Waals surface area (Å²) in [6.07, 6.45) is 0.446. The van der Waals surface area contributed by atoms with Crippen molar-refractivity contribution in [3.8, 4) is 0 Å². The molecule has 0 aromatic rings. The molecule has 0 saturated carbocycles. The maximum Gasteiger partial charge on any atom is 1.00 e. The fourth-order valence-electron chi connectivity index (χ4n) is 1.25. The fourth-order valence-corrected chi connectivity index (χ4v) is 6.35. The van der Waals surface area contributed by atoms with E-state index in [1.165, 1.54) is 0 Å². The molecule has 0 aromatic heterocycles. The van der Waals surface area contributed by atoms with Gasteiger partial charge in [-0.1, -0.05) is 26.6 Å². The van der Waals surface area contributed by atoms with Crippen molar-refractivity contribution in [3.63, 3.8) is 0 Å². The van der Waals surface area contributed by atoms with Gasteiger partial charge in [0, 0.05) is 4.87 Å². The predicted octanol–water partition coefficient (Wildman–Crippen LogP) is -1.81. The molecule has 0 bridgehead atoms. The van der Waals surface area contributed by atoms with E-state index < -0.39 is 23.1 Å². The normalized spacial score (nSPS) is 15.1. The average Bonchev–Trinajstić information content (AvgIpc) is 1.56. The summed E-state index contributed by atoms with van der Waals surface area (Å²) < 4.78 is 32.1. The van der Waals surface area contributed by atoms with Crippen LogP contribution in [-0.4, -0.2) is 25.9 Å². The van der Waals surface area contributed by atoms with Gasteiger partial charge in [0.2, 0.25) is 0 Å². The second-order valence-electron chi connectivity index (χ2n) is 3.76. The Bertz CT molecular complexity index is 219. The average molecular weight is 218 g/mol. The summed E-state index contributed by atoms with van der Waals surface area (Å²) >= 11 is 0. The van der Waals surface area contributed by atoms with Gasteiger partial charge in [-0.3, -0.25) is 0 Å². The molecule has 0 saturated heterocycles. The molecule has 0 amide bonds. The molecular formula is C6H15NaO3SSi. The summed E-state index contributed by atoms with van der Waals surface area (Å²) in [5, 5.41) is 0. The van der Waals surface area contributed by atoms with Crippen molar-refractivity contribution in [3.05, 3.63) is 0 Å². The van der Waals surface area contributed by atoms with Gasteiger partial charge in [0.25, 0.3) is 0 Å². The standard InChI is InChI=1S/C6H16O3SSi.Na/c1-5-6(10(7,8)9)11(2,3)4;/h6H,5H2,1-4H3,(H,7,8,9);/q;+1/p-1. The Labute approximate surface area is 98.0 Å². The first kappa shape index (κ1) is 15.6. The molecule has 0 N–H and O–H groups in total. The first-order valence-electron chi connectivity index (χ1n) is 3.64. The summed E-state index contributed by atoms with van der Waals surface area (Å²) in [7, 11) is -5.88. The molecule has 0 radical (unpaired) electrons. The van der Waals surface area contributed by atoms with Crippen molar-refractivity contribution in [2.75, 3.05) is 0 Å². The third-order valence-corrected chi connectivity index (χ3v) is 8.04. The third-order valence-electron chi connectivity index (χ3n) is 1.69. The molecule has 0 rings (SSSR count). The van der Waals surface area contributed by atoms with E-state index in [4.69, 9.17) is 0 Å². The zero-order valence-electron chi connectivity index (χ0n) is 8.42. The fraction of sp³-hybridized carbons (Fsp3) is 1.00. The first-order chi connectivity index (χ1) is 4.69. The van der Waals surface area contributed by atoms with Crippen LogP contribution in [0.4, 0.5) is 0 Å². The van der Waals surface area contributed by atoms with Crippen LogP contribution >= 0.6 is 0 Å². The van der Waals surface area contributed by atoms with Crippen molar-refractivity contribution < 1.29 is 42.5 Å². The predicted molar refractivity (Wildman–Crippen MR) is 47.1 cm³/mol. The molecule has 6 heteroatoms. The van der Waals surface area contributed by atoms with Crippen molar-refractivity contribution in [1.82, 2.24) is 0 Å². The van der Waals surface area contributed by atoms with Crippen LogP contribution in [0.15, 0.2) is 0 Å². The minimum atomic E-state index is -4.06. The maximum absolute atomic E-state index is 10.7. The van der Waals surface area contributed by atoms with Crippen LogP contribution in [-0.2, 0) is 10.1 Å². The van der Waals surface area contributed by atoms with Crippen LogP contribution < -0.4 is 29.6 Å². The first-order valence-corrected chi connectivity index (χ1v) is 8.69. The molecule has 0 aromatic carbocycles. The summed E-state index contributed by atoms with van der Waals surface area (Å²) in [6.45, 7) is 7.45. The quantitative estimate of drug-likeness (QED) is 0.414. The minimum absolute atomic E-state index is 0. The second-order valence-corrected chi connectivity index (χ2v) is 11.2. The number of hydrogen-bond donors (Lipinski definition) is 0. The van der Waals surface area contributed by atoms with E-state index in [-0.39, 0.29) is 29.6 Å². The van der Waals surface area contributed by atoms with E-state index in [1.54, 1.807) is 6.92 Å². The van der Waals surface area contributed by atoms with E-state index in [0.29, 0.717) is 6.42 Å². The van der Waals surface area contributed by atoms with E-state index in [2.05, 4.69) is 0 Å². The van der Waals surface area contributed by atoms with E-state index >= 15 is 0 Å². The monoisotopic (exact) mass is 218 g/mol. The van der Waals surface area contributed by atoms with Gasteiger partial charge in [-0.15, -0.1) is 0 Å². The van der Waals surface area contributed by atoms with Gasteiger partial charge in [-0.2, -0.15) is 0 Å². The smallest absolute Gasteiger partial charge is 0.748 e. The number of hydrogen-bond acceptors (Lipinski definition) is 3. The molecular weight excluding hydrogens is 203 g/mol. The van der Waals surface area contributed by atoms with Gasteiger partial charge in [0.15, 0.2) is 0 Å². The van der Waals surface area contributed by atoms with Crippen LogP contribution in [0.1, 0.15) is 13.3 Å². The molecule has 68 valence electrons. The van der Waals surface area contributed by atoms with Gasteiger partial charge in [0.05, 0.1) is 18.2 Å². The number of rotatable bonds is 3. The Balaban J connectivity index is 0. The molecule has 0 aliphatic heterocycles. The summed E-state index contributed by atoms with van der Waals surface area (Å²) in [5.41, 5.74) is 0. The van der Waals surface area contributed by atoms with Crippen LogP contribution in [0.2, 0.25) is 19.6 Å². The molecule has 3 nitrogen and oxygen atoms in total. The zero-order chi connectivity index (χ0) is 9.28. The van der Waals surface area contributed by atoms with E-state index in [1.807, 2.05) is 19.6 Å². The molecule has 0 aliphatic rings. The maximum atomic E-state index is 10.7. The summed E-state index contributed by atoms with van der Waals surface area (Å²) in [4.78, 5) is -0.630. The van der Waals surface area contributed by atoms with Crippen molar-refractivity contribution >= 4 is 18.2 Å². The van der Waals surface area contributed by atoms with Gasteiger partial charge >= 0.3 is 29.6 Å². The minimum Gasteiger partial charge on any atom is -0.748 e. The zero-order valence-corrected chi connectivity index (χ0v) is 12.2. The van der Waals surface area contributed by atoms with Crippen molar-refractivity contribution in [2.24, 2.45) is 0 Å². The second kappa shape index (κ2) is 5.12. The topological polar surface area (TPSA) is 57.2 Å². The van der Waals surface area contributed by atoms with Crippen LogP contribution in [0.5, 0.6) is 0 Å². The third kappa shape index (κ3) is 4.99. The molecule has 1 atom stereocenters. The molecule has 0 heterocycles. The van der Waals surface area contributed by atoms with Gasteiger partial charge in [-0.25, -0.2) is 8.42 Å².